The zero-order valence-corrected chi connectivity index (χ0v) is 13.4. The summed E-state index contributed by atoms with van der Waals surface area (Å²) in [6.45, 7) is 2.95. The van der Waals surface area contributed by atoms with E-state index in [0.717, 1.165) is 17.5 Å². The predicted octanol–water partition coefficient (Wildman–Crippen LogP) is 1.60. The minimum atomic E-state index is -2.74. The summed E-state index contributed by atoms with van der Waals surface area (Å²) >= 11 is 0.841. The van der Waals surface area contributed by atoms with Gasteiger partial charge in [0, 0.05) is 6.92 Å². The number of hydrogen-bond acceptors (Lipinski definition) is 7. The number of nitrogens with zero attached hydrogens (tertiary/aromatic N) is 1. The summed E-state index contributed by atoms with van der Waals surface area (Å²) in [5, 5.41) is 2.63. The van der Waals surface area contributed by atoms with Crippen LogP contribution in [0.15, 0.2) is 28.6 Å². The van der Waals surface area contributed by atoms with Gasteiger partial charge >= 0.3 is 5.97 Å². The Balaban J connectivity index is 2.29. The van der Waals surface area contributed by atoms with E-state index in [1.165, 1.54) is 13.0 Å². The van der Waals surface area contributed by atoms with Gasteiger partial charge in [0.15, 0.2) is 15.8 Å². The molecule has 0 spiro atoms. The maximum atomic E-state index is 12.3. The van der Waals surface area contributed by atoms with Crippen LogP contribution < -0.4 is 10.1 Å². The van der Waals surface area contributed by atoms with Crippen molar-refractivity contribution in [3.05, 3.63) is 35.5 Å². The van der Waals surface area contributed by atoms with Crippen LogP contribution in [0.4, 0.5) is 5.13 Å². The molecule has 0 radical (unpaired) electrons. The number of carbonyl (C=O) groups is 2. The Morgan fingerprint density at radius 2 is 2.05 bits per heavy atom. The topological polar surface area (TPSA) is 102 Å². The van der Waals surface area contributed by atoms with Crippen molar-refractivity contribution in [2.75, 3.05) is 5.32 Å². The molecule has 1 N–H and O–H groups in total. The van der Waals surface area contributed by atoms with Gasteiger partial charge in [0.2, 0.25) is 0 Å². The molecule has 0 saturated carbocycles. The van der Waals surface area contributed by atoms with Crippen molar-refractivity contribution in [1.29, 1.82) is 0 Å². The first-order valence-corrected chi connectivity index (χ1v) is 8.07. The number of thiol groups is 1. The average molecular weight is 340 g/mol. The van der Waals surface area contributed by atoms with Crippen LogP contribution in [0.2, 0.25) is 0 Å². The number of rotatable bonds is 4. The quantitative estimate of drug-likeness (QED) is 0.498. The average Bonchev–Trinajstić information content (AvgIpc) is 2.89. The second-order valence-corrected chi connectivity index (χ2v) is 6.59. The van der Waals surface area contributed by atoms with Gasteiger partial charge in [-0.1, -0.05) is 23.5 Å². The molecule has 116 valence electrons. The van der Waals surface area contributed by atoms with Crippen LogP contribution in [0.3, 0.4) is 0 Å². The van der Waals surface area contributed by atoms with Gasteiger partial charge < -0.3 is 4.74 Å². The molecule has 0 saturated heterocycles. The maximum absolute atomic E-state index is 12.3. The van der Waals surface area contributed by atoms with Crippen molar-refractivity contribution in [3.8, 4) is 5.75 Å². The number of aromatic nitrogens is 1. The number of aryl methyl sites for hydroxylation is 1. The molecule has 0 fully saturated rings. The zero-order chi connectivity index (χ0) is 16.3. The highest BCUT2D eigenvalue weighted by Crippen LogP contribution is 2.26. The van der Waals surface area contributed by atoms with Crippen LogP contribution in [-0.2, 0) is 15.5 Å². The number of benzene rings is 1. The molecular formula is C13H12N2O5S2. The minimum absolute atomic E-state index is 0.0507. The van der Waals surface area contributed by atoms with Crippen molar-refractivity contribution in [2.45, 2.75) is 18.1 Å². The van der Waals surface area contributed by atoms with Gasteiger partial charge in [0.05, 0.1) is 11.8 Å². The van der Waals surface area contributed by atoms with Gasteiger partial charge in [-0.2, -0.15) is 0 Å². The van der Waals surface area contributed by atoms with E-state index in [4.69, 9.17) is 4.74 Å². The molecule has 1 aromatic carbocycles. The molecular weight excluding hydrogens is 328 g/mol. The Bertz CT molecular complexity index is 803. The first-order valence-electron chi connectivity index (χ1n) is 6.08. The molecule has 1 aromatic heterocycles. The first kappa shape index (κ1) is 16.1. The summed E-state index contributed by atoms with van der Waals surface area (Å²) in [5.41, 5.74) is 0.795. The second kappa shape index (κ2) is 6.67. The Hall–Kier alpha value is -2.26. The highest BCUT2D eigenvalue weighted by atomic mass is 32.2. The van der Waals surface area contributed by atoms with Crippen LogP contribution >= 0.6 is 11.3 Å². The number of ether oxygens (including phenoxy) is 1. The minimum Gasteiger partial charge on any atom is -0.426 e. The van der Waals surface area contributed by atoms with Crippen molar-refractivity contribution in [3.63, 3.8) is 0 Å². The largest absolute Gasteiger partial charge is 0.426 e. The molecule has 0 aliphatic rings. The zero-order valence-electron chi connectivity index (χ0n) is 11.7. The monoisotopic (exact) mass is 340 g/mol. The molecule has 1 heterocycles. The van der Waals surface area contributed by atoms with Crippen molar-refractivity contribution in [1.82, 2.24) is 4.98 Å². The predicted molar refractivity (Wildman–Crippen MR) is 81.1 cm³/mol. The van der Waals surface area contributed by atoms with E-state index in [1.807, 2.05) is 0 Å². The van der Waals surface area contributed by atoms with E-state index < -0.39 is 22.6 Å². The van der Waals surface area contributed by atoms with Gasteiger partial charge in [0.1, 0.15) is 9.96 Å². The van der Waals surface area contributed by atoms with E-state index in [9.17, 15) is 18.0 Å². The molecule has 0 atom stereocenters. The Labute approximate surface area is 131 Å². The fraction of sp³-hybridized carbons (Fsp3) is 0.154. The molecule has 9 heteroatoms. The van der Waals surface area contributed by atoms with Gasteiger partial charge in [-0.3, -0.25) is 14.9 Å². The van der Waals surface area contributed by atoms with Crippen molar-refractivity contribution < 1.29 is 22.7 Å². The van der Waals surface area contributed by atoms with Crippen LogP contribution in [-0.4, -0.2) is 25.3 Å². The molecule has 0 unspecified atom stereocenters. The van der Waals surface area contributed by atoms with E-state index >= 15 is 0 Å². The number of carbonyl (C=O) groups excluding carboxylic acids is 2. The third-order valence-corrected chi connectivity index (χ3v) is 4.51. The van der Waals surface area contributed by atoms with Crippen LogP contribution in [0.25, 0.3) is 0 Å². The molecule has 2 rings (SSSR count). The summed E-state index contributed by atoms with van der Waals surface area (Å²) in [5.74, 6) is -0.913. The Morgan fingerprint density at radius 1 is 1.32 bits per heavy atom. The third kappa shape index (κ3) is 3.68. The highest BCUT2D eigenvalue weighted by molar-refractivity contribution is 7.75. The van der Waals surface area contributed by atoms with Gasteiger partial charge in [-0.15, -0.1) is 0 Å². The SMILES string of the molecule is CC(=O)Oc1c(C)cccc1C(=O)Nc1ncc([SH](=O)=O)s1. The lowest BCUT2D eigenvalue weighted by Gasteiger charge is -2.10. The van der Waals surface area contributed by atoms with E-state index in [-0.39, 0.29) is 20.7 Å². The van der Waals surface area contributed by atoms with E-state index in [0.29, 0.717) is 5.56 Å². The number of para-hydroxylation sites is 1. The Morgan fingerprint density at radius 3 is 2.64 bits per heavy atom. The van der Waals surface area contributed by atoms with Crippen molar-refractivity contribution in [2.24, 2.45) is 0 Å². The van der Waals surface area contributed by atoms with Gasteiger partial charge in [-0.25, -0.2) is 13.4 Å². The number of amides is 1. The fourth-order valence-corrected chi connectivity index (χ4v) is 2.94. The lowest BCUT2D eigenvalue weighted by atomic mass is 10.1. The lowest BCUT2D eigenvalue weighted by molar-refractivity contribution is -0.131. The van der Waals surface area contributed by atoms with Crippen LogP contribution in [0.5, 0.6) is 5.75 Å². The van der Waals surface area contributed by atoms with Gasteiger partial charge in [0.25, 0.3) is 5.91 Å². The fourth-order valence-electron chi connectivity index (χ4n) is 1.68. The Kier molecular flexibility index (Phi) is 4.88. The summed E-state index contributed by atoms with van der Waals surface area (Å²) in [7, 11) is -2.74. The van der Waals surface area contributed by atoms with E-state index in [1.54, 1.807) is 19.1 Å². The second-order valence-electron chi connectivity index (χ2n) is 4.26. The number of thiazole rings is 1. The highest BCUT2D eigenvalue weighted by Gasteiger charge is 2.17. The first-order chi connectivity index (χ1) is 10.4. The molecule has 1 amide bonds. The van der Waals surface area contributed by atoms with Gasteiger partial charge in [-0.05, 0) is 18.6 Å². The number of nitrogens with one attached hydrogen (secondary N) is 1. The molecule has 0 aliphatic carbocycles. The van der Waals surface area contributed by atoms with Crippen LogP contribution in [0, 0.1) is 6.92 Å². The van der Waals surface area contributed by atoms with Crippen molar-refractivity contribution >= 4 is 39.0 Å². The number of hydrogen-bond donors (Lipinski definition) is 2. The lowest BCUT2D eigenvalue weighted by Crippen LogP contribution is -2.15. The van der Waals surface area contributed by atoms with Crippen LogP contribution in [0.1, 0.15) is 22.8 Å². The number of esters is 1. The normalized spacial score (nSPS) is 10.5. The molecule has 7 nitrogen and oxygen atoms in total. The standard InChI is InChI=1S/C13H12N2O5S2/c1-7-4-3-5-9(11(7)20-8(2)16)12(17)15-13-14-6-10(21-13)22(18)19/h3-6,22H,1-2H3,(H,14,15,17). The van der Waals surface area contributed by atoms with E-state index in [2.05, 4.69) is 10.3 Å². The molecule has 2 aromatic rings. The number of anilines is 1. The summed E-state index contributed by atoms with van der Waals surface area (Å²) in [6.07, 6.45) is 1.16. The summed E-state index contributed by atoms with van der Waals surface area (Å²) in [4.78, 5) is 27.2. The maximum Gasteiger partial charge on any atom is 0.308 e. The summed E-state index contributed by atoms with van der Waals surface area (Å²) < 4.78 is 26.8. The molecule has 0 bridgehead atoms. The smallest absolute Gasteiger partial charge is 0.308 e. The molecule has 0 aliphatic heterocycles. The molecule has 22 heavy (non-hydrogen) atoms. The third-order valence-electron chi connectivity index (χ3n) is 2.60. The summed E-state index contributed by atoms with van der Waals surface area (Å²) in [6, 6.07) is 4.86.